The van der Waals surface area contributed by atoms with Crippen LogP contribution in [0.15, 0.2) is 18.2 Å². The first-order valence-corrected chi connectivity index (χ1v) is 5.90. The minimum Gasteiger partial charge on any atom is -0.368 e. The second-order valence-corrected chi connectivity index (χ2v) is 4.06. The third kappa shape index (κ3) is 4.31. The molecule has 1 heterocycles. The number of nitrogens with one attached hydrogen (secondary N) is 1. The molecule has 3 heteroatoms. The summed E-state index contributed by atoms with van der Waals surface area (Å²) >= 11 is 0. The van der Waals surface area contributed by atoms with Gasteiger partial charge < -0.3 is 5.32 Å². The van der Waals surface area contributed by atoms with Crippen LogP contribution in [0.4, 0.5) is 5.82 Å². The van der Waals surface area contributed by atoms with Crippen molar-refractivity contribution < 1.29 is 0 Å². The lowest BCUT2D eigenvalue weighted by molar-refractivity contribution is 0.614. The van der Waals surface area contributed by atoms with Crippen LogP contribution in [0.25, 0.3) is 0 Å². The van der Waals surface area contributed by atoms with Crippen molar-refractivity contribution in [2.24, 2.45) is 0 Å². The highest BCUT2D eigenvalue weighted by atomic mass is 15.0. The molecule has 0 saturated heterocycles. The van der Waals surface area contributed by atoms with E-state index in [2.05, 4.69) is 24.1 Å². The maximum Gasteiger partial charge on any atom is 0.142 e. The molecule has 3 nitrogen and oxygen atoms in total. The highest BCUT2D eigenvalue weighted by Crippen LogP contribution is 2.10. The number of anilines is 1. The van der Waals surface area contributed by atoms with Gasteiger partial charge in [-0.2, -0.15) is 5.26 Å². The number of unbranched alkanes of at least 4 members (excludes halogenated alkanes) is 2. The maximum atomic E-state index is 8.73. The molecular weight excluding hydrogens is 198 g/mol. The van der Waals surface area contributed by atoms with Crippen LogP contribution in [-0.4, -0.2) is 11.0 Å². The Kier molecular flexibility index (Phi) is 5.35. The molecule has 86 valence electrons. The first-order valence-electron chi connectivity index (χ1n) is 5.90. The molecule has 1 rings (SSSR count). The molecular formula is C13H19N3. The average molecular weight is 217 g/mol. The van der Waals surface area contributed by atoms with Crippen LogP contribution in [-0.2, 0) is 0 Å². The fraction of sp³-hybridized carbons (Fsp3) is 0.538. The van der Waals surface area contributed by atoms with Crippen LogP contribution < -0.4 is 5.32 Å². The molecule has 0 amide bonds. The quantitative estimate of drug-likeness (QED) is 0.743. The van der Waals surface area contributed by atoms with Gasteiger partial charge in [-0.25, -0.2) is 4.98 Å². The normalized spacial score (nSPS) is 11.8. The highest BCUT2D eigenvalue weighted by molar-refractivity contribution is 5.38. The van der Waals surface area contributed by atoms with Crippen LogP contribution in [0.2, 0.25) is 0 Å². The predicted octanol–water partition coefficient (Wildman–Crippen LogP) is 3.33. The Morgan fingerprint density at radius 2 is 2.25 bits per heavy atom. The van der Waals surface area contributed by atoms with Gasteiger partial charge in [-0.3, -0.25) is 0 Å². The SMILES string of the molecule is CCCCCC(C)Nc1cccc(C#N)n1. The van der Waals surface area contributed by atoms with Crippen molar-refractivity contribution in [1.29, 1.82) is 5.26 Å². The summed E-state index contributed by atoms with van der Waals surface area (Å²) in [4.78, 5) is 4.19. The van der Waals surface area contributed by atoms with Crippen molar-refractivity contribution in [1.82, 2.24) is 4.98 Å². The first-order chi connectivity index (χ1) is 7.76. The summed E-state index contributed by atoms with van der Waals surface area (Å²) in [6.07, 6.45) is 4.90. The minimum absolute atomic E-state index is 0.410. The summed E-state index contributed by atoms with van der Waals surface area (Å²) in [5.74, 6) is 0.794. The van der Waals surface area contributed by atoms with E-state index >= 15 is 0 Å². The Balaban J connectivity index is 2.43. The first kappa shape index (κ1) is 12.5. The lowest BCUT2D eigenvalue weighted by atomic mass is 10.1. The molecule has 16 heavy (non-hydrogen) atoms. The number of hydrogen-bond acceptors (Lipinski definition) is 3. The lowest BCUT2D eigenvalue weighted by Crippen LogP contribution is -2.15. The average Bonchev–Trinajstić information content (AvgIpc) is 2.29. The molecule has 0 fully saturated rings. The van der Waals surface area contributed by atoms with Gasteiger partial charge in [0.15, 0.2) is 0 Å². The van der Waals surface area contributed by atoms with Crippen molar-refractivity contribution in [2.75, 3.05) is 5.32 Å². The zero-order valence-electron chi connectivity index (χ0n) is 10.0. The van der Waals surface area contributed by atoms with Crippen molar-refractivity contribution >= 4 is 5.82 Å². The standard InChI is InChI=1S/C13H19N3/c1-3-4-5-7-11(2)15-13-9-6-8-12(10-14)16-13/h6,8-9,11H,3-5,7H2,1-2H3,(H,15,16). The van der Waals surface area contributed by atoms with E-state index in [1.54, 1.807) is 6.07 Å². The molecule has 1 aromatic heterocycles. The molecule has 0 aliphatic rings. The summed E-state index contributed by atoms with van der Waals surface area (Å²) in [5.41, 5.74) is 0.464. The largest absolute Gasteiger partial charge is 0.368 e. The van der Waals surface area contributed by atoms with Gasteiger partial charge in [0.2, 0.25) is 0 Å². The van der Waals surface area contributed by atoms with E-state index in [1.165, 1.54) is 19.3 Å². The van der Waals surface area contributed by atoms with E-state index in [0.29, 0.717) is 11.7 Å². The second kappa shape index (κ2) is 6.84. The number of rotatable bonds is 6. The highest BCUT2D eigenvalue weighted by Gasteiger charge is 2.03. The van der Waals surface area contributed by atoms with Gasteiger partial charge in [0, 0.05) is 6.04 Å². The number of nitrogens with zero attached hydrogens (tertiary/aromatic N) is 2. The Labute approximate surface area is 97.5 Å². The Morgan fingerprint density at radius 1 is 1.44 bits per heavy atom. The smallest absolute Gasteiger partial charge is 0.142 e. The molecule has 0 bridgehead atoms. The van der Waals surface area contributed by atoms with Crippen LogP contribution >= 0.6 is 0 Å². The molecule has 1 N–H and O–H groups in total. The molecule has 0 radical (unpaired) electrons. The topological polar surface area (TPSA) is 48.7 Å². The molecule has 1 aromatic rings. The number of pyridine rings is 1. The summed E-state index contributed by atoms with van der Waals surface area (Å²) in [6, 6.07) is 7.92. The van der Waals surface area contributed by atoms with Gasteiger partial charge >= 0.3 is 0 Å². The van der Waals surface area contributed by atoms with E-state index in [9.17, 15) is 0 Å². The van der Waals surface area contributed by atoms with Crippen LogP contribution in [0, 0.1) is 11.3 Å². The van der Waals surface area contributed by atoms with Gasteiger partial charge in [0.1, 0.15) is 17.6 Å². The lowest BCUT2D eigenvalue weighted by Gasteiger charge is -2.14. The van der Waals surface area contributed by atoms with Gasteiger partial charge in [-0.15, -0.1) is 0 Å². The molecule has 1 atom stereocenters. The van der Waals surface area contributed by atoms with Crippen LogP contribution in [0.1, 0.15) is 45.2 Å². The minimum atomic E-state index is 0.410. The van der Waals surface area contributed by atoms with Crippen molar-refractivity contribution in [3.8, 4) is 6.07 Å². The summed E-state index contributed by atoms with van der Waals surface area (Å²) in [6.45, 7) is 4.35. The molecule has 0 aromatic carbocycles. The predicted molar refractivity (Wildman–Crippen MR) is 66.2 cm³/mol. The van der Waals surface area contributed by atoms with Gasteiger partial charge in [-0.05, 0) is 25.5 Å². The van der Waals surface area contributed by atoms with Crippen molar-refractivity contribution in [3.05, 3.63) is 23.9 Å². The third-order valence-corrected chi connectivity index (χ3v) is 2.50. The molecule has 0 aliphatic heterocycles. The Hall–Kier alpha value is -1.56. The van der Waals surface area contributed by atoms with Crippen LogP contribution in [0.3, 0.4) is 0 Å². The fourth-order valence-electron chi connectivity index (χ4n) is 1.60. The number of hydrogen-bond donors (Lipinski definition) is 1. The van der Waals surface area contributed by atoms with E-state index in [4.69, 9.17) is 5.26 Å². The number of nitriles is 1. The monoisotopic (exact) mass is 217 g/mol. The van der Waals surface area contributed by atoms with Gasteiger partial charge in [-0.1, -0.05) is 32.3 Å². The van der Waals surface area contributed by atoms with E-state index < -0.39 is 0 Å². The van der Waals surface area contributed by atoms with Gasteiger partial charge in [0.05, 0.1) is 0 Å². The molecule has 0 spiro atoms. The Bertz CT molecular complexity index is 354. The van der Waals surface area contributed by atoms with Crippen molar-refractivity contribution in [3.63, 3.8) is 0 Å². The van der Waals surface area contributed by atoms with E-state index in [1.807, 2.05) is 18.2 Å². The van der Waals surface area contributed by atoms with Crippen LogP contribution in [0.5, 0.6) is 0 Å². The number of aromatic nitrogens is 1. The Morgan fingerprint density at radius 3 is 2.94 bits per heavy atom. The molecule has 0 aliphatic carbocycles. The zero-order chi connectivity index (χ0) is 11.8. The zero-order valence-corrected chi connectivity index (χ0v) is 10.0. The van der Waals surface area contributed by atoms with E-state index in [-0.39, 0.29) is 0 Å². The van der Waals surface area contributed by atoms with Gasteiger partial charge in [0.25, 0.3) is 0 Å². The molecule has 0 saturated carbocycles. The summed E-state index contributed by atoms with van der Waals surface area (Å²) < 4.78 is 0. The van der Waals surface area contributed by atoms with E-state index in [0.717, 1.165) is 12.2 Å². The summed E-state index contributed by atoms with van der Waals surface area (Å²) in [5, 5.41) is 12.0. The fourth-order valence-corrected chi connectivity index (χ4v) is 1.60. The maximum absolute atomic E-state index is 8.73. The molecule has 1 unspecified atom stereocenters. The summed E-state index contributed by atoms with van der Waals surface area (Å²) in [7, 11) is 0. The van der Waals surface area contributed by atoms with Crippen molar-refractivity contribution in [2.45, 2.75) is 45.6 Å². The third-order valence-electron chi connectivity index (χ3n) is 2.50. The second-order valence-electron chi connectivity index (χ2n) is 4.06.